The minimum absolute atomic E-state index is 0.00364. The predicted molar refractivity (Wildman–Crippen MR) is 85.3 cm³/mol. The van der Waals surface area contributed by atoms with Gasteiger partial charge in [-0.2, -0.15) is 11.3 Å². The second-order valence-corrected chi connectivity index (χ2v) is 6.23. The second-order valence-electron chi connectivity index (χ2n) is 5.45. The Morgan fingerprint density at radius 1 is 1.48 bits per heavy atom. The molecule has 21 heavy (non-hydrogen) atoms. The first-order chi connectivity index (χ1) is 10.0. The average Bonchev–Trinajstić information content (AvgIpc) is 3.08. The van der Waals surface area contributed by atoms with Gasteiger partial charge < -0.3 is 9.73 Å². The Morgan fingerprint density at radius 2 is 2.24 bits per heavy atom. The van der Waals surface area contributed by atoms with Gasteiger partial charge in [0.1, 0.15) is 5.76 Å². The van der Waals surface area contributed by atoms with E-state index in [1.165, 1.54) is 0 Å². The number of aromatic nitrogens is 1. The van der Waals surface area contributed by atoms with Gasteiger partial charge in [-0.1, -0.05) is 20.3 Å². The molecule has 0 bridgehead atoms. The first-order valence-corrected chi connectivity index (χ1v) is 8.23. The van der Waals surface area contributed by atoms with Gasteiger partial charge in [-0.15, -0.1) is 0 Å². The zero-order valence-electron chi connectivity index (χ0n) is 13.0. The molecule has 2 atom stereocenters. The van der Waals surface area contributed by atoms with Gasteiger partial charge in [-0.05, 0) is 31.2 Å². The summed E-state index contributed by atoms with van der Waals surface area (Å²) in [6, 6.07) is 2.14. The van der Waals surface area contributed by atoms with Crippen LogP contribution in [-0.2, 0) is 11.2 Å². The van der Waals surface area contributed by atoms with E-state index in [4.69, 9.17) is 4.42 Å². The maximum absolute atomic E-state index is 12.1. The normalized spacial score (nSPS) is 13.9. The number of thiophene rings is 1. The minimum atomic E-state index is -0.00364. The monoisotopic (exact) mass is 306 g/mol. The van der Waals surface area contributed by atoms with Crippen molar-refractivity contribution in [3.63, 3.8) is 0 Å². The molecule has 0 aliphatic carbocycles. The largest absolute Gasteiger partial charge is 0.441 e. The lowest BCUT2D eigenvalue weighted by atomic mass is 10.0. The zero-order valence-corrected chi connectivity index (χ0v) is 13.8. The fourth-order valence-electron chi connectivity index (χ4n) is 2.05. The maximum atomic E-state index is 12.1. The average molecular weight is 306 g/mol. The van der Waals surface area contributed by atoms with E-state index in [9.17, 15) is 4.79 Å². The van der Waals surface area contributed by atoms with E-state index in [1.807, 2.05) is 30.7 Å². The number of hydrogen-bond donors (Lipinski definition) is 1. The summed E-state index contributed by atoms with van der Waals surface area (Å²) >= 11 is 1.60. The van der Waals surface area contributed by atoms with Crippen molar-refractivity contribution in [3.05, 3.63) is 28.3 Å². The van der Waals surface area contributed by atoms with Crippen LogP contribution in [0, 0.1) is 12.8 Å². The smallest absolute Gasteiger partial charge is 0.227 e. The molecule has 0 fully saturated rings. The summed E-state index contributed by atoms with van der Waals surface area (Å²) in [6.07, 6.45) is 1.31. The molecule has 0 spiro atoms. The van der Waals surface area contributed by atoms with Crippen LogP contribution in [0.15, 0.2) is 21.2 Å². The number of oxazole rings is 1. The highest BCUT2D eigenvalue weighted by Gasteiger charge is 2.17. The van der Waals surface area contributed by atoms with Crippen LogP contribution in [0.1, 0.15) is 38.6 Å². The summed E-state index contributed by atoms with van der Waals surface area (Å²) in [4.78, 5) is 16.5. The van der Waals surface area contributed by atoms with Gasteiger partial charge in [-0.3, -0.25) is 4.79 Å². The lowest BCUT2D eigenvalue weighted by molar-refractivity contribution is -0.121. The van der Waals surface area contributed by atoms with Crippen LogP contribution in [0.5, 0.6) is 0 Å². The van der Waals surface area contributed by atoms with Crippen LogP contribution in [0.2, 0.25) is 0 Å². The van der Waals surface area contributed by atoms with Gasteiger partial charge in [0.2, 0.25) is 11.8 Å². The molecule has 2 aromatic heterocycles. The maximum Gasteiger partial charge on any atom is 0.227 e. The lowest BCUT2D eigenvalue weighted by Gasteiger charge is -2.19. The summed E-state index contributed by atoms with van der Waals surface area (Å²) in [5.74, 6) is 1.76. The Balaban J connectivity index is 2.01. The molecule has 5 heteroatoms. The number of nitrogens with one attached hydrogen (secondary N) is 1. The van der Waals surface area contributed by atoms with Crippen molar-refractivity contribution in [1.29, 1.82) is 0 Å². The van der Waals surface area contributed by atoms with Gasteiger partial charge in [-0.25, -0.2) is 4.98 Å². The molecule has 0 unspecified atom stereocenters. The van der Waals surface area contributed by atoms with Crippen molar-refractivity contribution >= 4 is 17.2 Å². The molecule has 1 amide bonds. The van der Waals surface area contributed by atoms with E-state index in [2.05, 4.69) is 24.1 Å². The molecule has 0 aromatic carbocycles. The first kappa shape index (κ1) is 15.8. The fraction of sp³-hybridized carbons (Fsp3) is 0.500. The number of carbonyl (C=O) groups excluding carboxylic acids is 1. The SMILES string of the molecule is CC[C@@H](C)[C@H](C)NC(=O)Cc1nc(-c2ccsc2)oc1C. The molecule has 0 saturated carbocycles. The van der Waals surface area contributed by atoms with E-state index in [1.54, 1.807) is 11.3 Å². The van der Waals surface area contributed by atoms with E-state index in [0.29, 0.717) is 23.3 Å². The standard InChI is InChI=1S/C16H22N2O2S/c1-5-10(2)11(3)17-15(19)8-14-12(4)20-16(18-14)13-6-7-21-9-13/h6-7,9-11H,5,8H2,1-4H3,(H,17,19)/t10-,11+/m1/s1. The van der Waals surface area contributed by atoms with Crippen molar-refractivity contribution in [1.82, 2.24) is 10.3 Å². The van der Waals surface area contributed by atoms with Crippen LogP contribution in [0.25, 0.3) is 11.5 Å². The van der Waals surface area contributed by atoms with Crippen LogP contribution < -0.4 is 5.32 Å². The quantitative estimate of drug-likeness (QED) is 0.883. The van der Waals surface area contributed by atoms with Crippen LogP contribution in [0.3, 0.4) is 0 Å². The Labute approximate surface area is 129 Å². The summed E-state index contributed by atoms with van der Waals surface area (Å²) in [5, 5.41) is 7.00. The summed E-state index contributed by atoms with van der Waals surface area (Å²) < 4.78 is 5.65. The fourth-order valence-corrected chi connectivity index (χ4v) is 2.68. The molecule has 4 nitrogen and oxygen atoms in total. The van der Waals surface area contributed by atoms with Gasteiger partial charge in [0.25, 0.3) is 0 Å². The molecule has 0 radical (unpaired) electrons. The Morgan fingerprint density at radius 3 is 2.86 bits per heavy atom. The van der Waals surface area contributed by atoms with Gasteiger partial charge in [0, 0.05) is 17.0 Å². The van der Waals surface area contributed by atoms with E-state index >= 15 is 0 Å². The molecule has 114 valence electrons. The van der Waals surface area contributed by atoms with E-state index < -0.39 is 0 Å². The molecule has 0 aliphatic rings. The predicted octanol–water partition coefficient (Wildman–Crippen LogP) is 3.80. The topological polar surface area (TPSA) is 55.1 Å². The van der Waals surface area contributed by atoms with Crippen LogP contribution in [-0.4, -0.2) is 16.9 Å². The number of carbonyl (C=O) groups is 1. The molecule has 0 saturated heterocycles. The van der Waals surface area contributed by atoms with Crippen molar-refractivity contribution in [2.75, 3.05) is 0 Å². The number of nitrogens with zero attached hydrogens (tertiary/aromatic N) is 1. The van der Waals surface area contributed by atoms with E-state index in [-0.39, 0.29) is 18.4 Å². The number of aryl methyl sites for hydroxylation is 1. The second kappa shape index (κ2) is 6.89. The molecule has 2 aromatic rings. The van der Waals surface area contributed by atoms with E-state index in [0.717, 1.165) is 12.0 Å². The Bertz CT molecular complexity index is 589. The summed E-state index contributed by atoms with van der Waals surface area (Å²) in [7, 11) is 0. The highest BCUT2D eigenvalue weighted by Crippen LogP contribution is 2.24. The lowest BCUT2D eigenvalue weighted by Crippen LogP contribution is -2.37. The number of rotatable bonds is 6. The zero-order chi connectivity index (χ0) is 15.4. The highest BCUT2D eigenvalue weighted by atomic mass is 32.1. The third-order valence-corrected chi connectivity index (χ3v) is 4.56. The van der Waals surface area contributed by atoms with Gasteiger partial charge >= 0.3 is 0 Å². The highest BCUT2D eigenvalue weighted by molar-refractivity contribution is 7.08. The molecule has 2 rings (SSSR count). The van der Waals surface area contributed by atoms with Crippen molar-refractivity contribution in [2.45, 2.75) is 46.6 Å². The van der Waals surface area contributed by atoms with Crippen molar-refractivity contribution < 1.29 is 9.21 Å². The third-order valence-electron chi connectivity index (χ3n) is 3.87. The van der Waals surface area contributed by atoms with Crippen molar-refractivity contribution in [2.24, 2.45) is 5.92 Å². The van der Waals surface area contributed by atoms with Crippen LogP contribution >= 0.6 is 11.3 Å². The third kappa shape index (κ3) is 3.94. The van der Waals surface area contributed by atoms with Crippen molar-refractivity contribution in [3.8, 4) is 11.5 Å². The molecule has 0 aliphatic heterocycles. The Kier molecular flexibility index (Phi) is 5.17. The minimum Gasteiger partial charge on any atom is -0.441 e. The van der Waals surface area contributed by atoms with Gasteiger partial charge in [0.15, 0.2) is 0 Å². The number of amides is 1. The molecule has 1 N–H and O–H groups in total. The van der Waals surface area contributed by atoms with Gasteiger partial charge in [0.05, 0.1) is 12.1 Å². The number of hydrogen-bond acceptors (Lipinski definition) is 4. The summed E-state index contributed by atoms with van der Waals surface area (Å²) in [6.45, 7) is 8.16. The molecular formula is C16H22N2O2S. The summed E-state index contributed by atoms with van der Waals surface area (Å²) in [5.41, 5.74) is 1.67. The first-order valence-electron chi connectivity index (χ1n) is 7.29. The molecule has 2 heterocycles. The van der Waals surface area contributed by atoms with Crippen LogP contribution in [0.4, 0.5) is 0 Å². The Hall–Kier alpha value is -1.62. The molecular weight excluding hydrogens is 284 g/mol.